The second-order valence-corrected chi connectivity index (χ2v) is 4.69. The number of nitrogens with zero attached hydrogens (tertiary/aromatic N) is 7. The number of aromatic nitrogens is 5. The molecule has 0 spiro atoms. The van der Waals surface area contributed by atoms with Crippen molar-refractivity contribution in [1.29, 1.82) is 0 Å². The van der Waals surface area contributed by atoms with Gasteiger partial charge in [-0.3, -0.25) is 0 Å². The zero-order valence-electron chi connectivity index (χ0n) is 10.8. The lowest BCUT2D eigenvalue weighted by Gasteiger charge is -2.22. The number of hydrogen-bond donors (Lipinski definition) is 1. The average molecular weight is 262 g/mol. The van der Waals surface area contributed by atoms with Gasteiger partial charge in [0.1, 0.15) is 0 Å². The van der Waals surface area contributed by atoms with E-state index in [1.165, 1.54) is 4.63 Å². The molecule has 0 atom stereocenters. The number of anilines is 1. The number of rotatable bonds is 3. The molecule has 102 valence electrons. The Morgan fingerprint density at radius 3 is 3.00 bits per heavy atom. The third kappa shape index (κ3) is 2.64. The first kappa shape index (κ1) is 12.2. The monoisotopic (exact) mass is 262 g/mol. The van der Waals surface area contributed by atoms with Crippen LogP contribution in [-0.2, 0) is 0 Å². The summed E-state index contributed by atoms with van der Waals surface area (Å²) in [5.74, 6) is 0.925. The van der Waals surface area contributed by atoms with Crippen LogP contribution in [0.2, 0.25) is 0 Å². The Balaban J connectivity index is 1.74. The number of fused-ring (bicyclic) bond motifs is 1. The second kappa shape index (κ2) is 5.45. The van der Waals surface area contributed by atoms with Gasteiger partial charge in [-0.05, 0) is 35.5 Å². The first-order valence-corrected chi connectivity index (χ1v) is 6.59. The van der Waals surface area contributed by atoms with E-state index in [4.69, 9.17) is 5.73 Å². The minimum Gasteiger partial charge on any atom is -0.354 e. The molecule has 19 heavy (non-hydrogen) atoms. The fraction of sp³-hybridized carbons (Fsp3) is 0.636. The fourth-order valence-corrected chi connectivity index (χ4v) is 2.42. The smallest absolute Gasteiger partial charge is 0.200 e. The average Bonchev–Trinajstić information content (AvgIpc) is 2.77. The van der Waals surface area contributed by atoms with E-state index < -0.39 is 0 Å². The summed E-state index contributed by atoms with van der Waals surface area (Å²) in [6, 6.07) is 3.87. The van der Waals surface area contributed by atoms with E-state index in [9.17, 15) is 0 Å². The van der Waals surface area contributed by atoms with Gasteiger partial charge in [0, 0.05) is 32.7 Å². The van der Waals surface area contributed by atoms with Crippen molar-refractivity contribution in [3.63, 3.8) is 0 Å². The third-order valence-electron chi connectivity index (χ3n) is 3.41. The third-order valence-corrected chi connectivity index (χ3v) is 3.41. The summed E-state index contributed by atoms with van der Waals surface area (Å²) in [5, 5.41) is 15.7. The Morgan fingerprint density at radius 2 is 2.11 bits per heavy atom. The number of tetrazole rings is 1. The van der Waals surface area contributed by atoms with Crippen LogP contribution in [0.15, 0.2) is 12.1 Å². The highest BCUT2D eigenvalue weighted by Gasteiger charge is 2.16. The molecule has 8 heteroatoms. The molecule has 0 aliphatic carbocycles. The first-order valence-electron chi connectivity index (χ1n) is 6.59. The van der Waals surface area contributed by atoms with Gasteiger partial charge in [0.25, 0.3) is 0 Å². The van der Waals surface area contributed by atoms with Gasteiger partial charge in [0.05, 0.1) is 0 Å². The van der Waals surface area contributed by atoms with Crippen molar-refractivity contribution in [3.8, 4) is 0 Å². The van der Waals surface area contributed by atoms with Crippen LogP contribution >= 0.6 is 0 Å². The Bertz CT molecular complexity index is 538. The zero-order valence-corrected chi connectivity index (χ0v) is 10.8. The van der Waals surface area contributed by atoms with Gasteiger partial charge in [-0.15, -0.1) is 14.8 Å². The van der Waals surface area contributed by atoms with Crippen LogP contribution < -0.4 is 10.6 Å². The van der Waals surface area contributed by atoms with Crippen LogP contribution in [0.1, 0.15) is 6.42 Å². The van der Waals surface area contributed by atoms with Crippen molar-refractivity contribution in [3.05, 3.63) is 12.1 Å². The predicted octanol–water partition coefficient (Wildman–Crippen LogP) is -1.01. The lowest BCUT2D eigenvalue weighted by atomic mass is 10.3. The molecule has 1 aliphatic rings. The normalized spacial score (nSPS) is 17.8. The highest BCUT2D eigenvalue weighted by atomic mass is 15.6. The summed E-state index contributed by atoms with van der Waals surface area (Å²) in [4.78, 5) is 4.67. The SMILES string of the molecule is NCCN1CCCN(c2ccc3nnnn3n2)CC1. The summed E-state index contributed by atoms with van der Waals surface area (Å²) < 4.78 is 1.47. The second-order valence-electron chi connectivity index (χ2n) is 4.69. The molecule has 1 aliphatic heterocycles. The van der Waals surface area contributed by atoms with Crippen LogP contribution in [-0.4, -0.2) is 69.4 Å². The van der Waals surface area contributed by atoms with Crippen molar-refractivity contribution in [2.75, 3.05) is 44.2 Å². The van der Waals surface area contributed by atoms with Crippen molar-refractivity contribution >= 4 is 11.5 Å². The minimum atomic E-state index is 0.670. The highest BCUT2D eigenvalue weighted by Crippen LogP contribution is 2.13. The molecule has 0 aromatic carbocycles. The standard InChI is InChI=1S/C11H18N8/c12-4-7-17-5-1-6-18(9-8-17)11-3-2-10-13-15-16-19(10)14-11/h2-3H,1,4-9,12H2. The molecule has 8 nitrogen and oxygen atoms in total. The van der Waals surface area contributed by atoms with E-state index in [1.54, 1.807) is 0 Å². The predicted molar refractivity (Wildman–Crippen MR) is 70.9 cm³/mol. The molecule has 3 heterocycles. The topological polar surface area (TPSA) is 88.5 Å². The van der Waals surface area contributed by atoms with E-state index in [1.807, 2.05) is 12.1 Å². The fourth-order valence-electron chi connectivity index (χ4n) is 2.42. The van der Waals surface area contributed by atoms with E-state index in [0.717, 1.165) is 51.5 Å². The van der Waals surface area contributed by atoms with Crippen LogP contribution in [0, 0.1) is 0 Å². The van der Waals surface area contributed by atoms with Crippen molar-refractivity contribution in [1.82, 2.24) is 30.2 Å². The molecular formula is C11H18N8. The molecule has 2 aromatic heterocycles. The van der Waals surface area contributed by atoms with Crippen LogP contribution in [0.4, 0.5) is 5.82 Å². The highest BCUT2D eigenvalue weighted by molar-refractivity contribution is 5.44. The Kier molecular flexibility index (Phi) is 3.51. The molecule has 2 N–H and O–H groups in total. The van der Waals surface area contributed by atoms with E-state index in [0.29, 0.717) is 5.65 Å². The molecule has 0 radical (unpaired) electrons. The van der Waals surface area contributed by atoms with Crippen LogP contribution in [0.5, 0.6) is 0 Å². The molecule has 2 aromatic rings. The lowest BCUT2D eigenvalue weighted by molar-refractivity contribution is 0.302. The number of hydrogen-bond acceptors (Lipinski definition) is 7. The van der Waals surface area contributed by atoms with Crippen molar-refractivity contribution in [2.45, 2.75) is 6.42 Å². The largest absolute Gasteiger partial charge is 0.354 e. The summed E-state index contributed by atoms with van der Waals surface area (Å²) in [6.07, 6.45) is 1.12. The molecule has 3 rings (SSSR count). The van der Waals surface area contributed by atoms with Gasteiger partial charge in [-0.1, -0.05) is 0 Å². The quantitative estimate of drug-likeness (QED) is 0.758. The van der Waals surface area contributed by atoms with Crippen molar-refractivity contribution in [2.24, 2.45) is 5.73 Å². The summed E-state index contributed by atoms with van der Waals surface area (Å²) >= 11 is 0. The van der Waals surface area contributed by atoms with Gasteiger partial charge in [-0.25, -0.2) is 0 Å². The van der Waals surface area contributed by atoms with Gasteiger partial charge in [0.2, 0.25) is 0 Å². The summed E-state index contributed by atoms with van der Waals surface area (Å²) in [5.41, 5.74) is 6.28. The Morgan fingerprint density at radius 1 is 1.16 bits per heavy atom. The van der Waals surface area contributed by atoms with E-state index in [2.05, 4.69) is 30.4 Å². The molecular weight excluding hydrogens is 244 g/mol. The van der Waals surface area contributed by atoms with Crippen LogP contribution in [0.3, 0.4) is 0 Å². The van der Waals surface area contributed by atoms with E-state index in [-0.39, 0.29) is 0 Å². The zero-order chi connectivity index (χ0) is 13.1. The minimum absolute atomic E-state index is 0.670. The molecule has 0 saturated carbocycles. The molecule has 1 fully saturated rings. The molecule has 0 unspecified atom stereocenters. The molecule has 0 bridgehead atoms. The van der Waals surface area contributed by atoms with Gasteiger partial charge in [0.15, 0.2) is 11.5 Å². The van der Waals surface area contributed by atoms with Gasteiger partial charge in [-0.2, -0.15) is 0 Å². The number of nitrogens with two attached hydrogens (primary N) is 1. The maximum absolute atomic E-state index is 5.61. The van der Waals surface area contributed by atoms with Gasteiger partial charge >= 0.3 is 0 Å². The summed E-state index contributed by atoms with van der Waals surface area (Å²) in [7, 11) is 0. The summed E-state index contributed by atoms with van der Waals surface area (Å²) in [6.45, 7) is 5.76. The molecule has 1 saturated heterocycles. The Labute approximate surface area is 111 Å². The van der Waals surface area contributed by atoms with Crippen LogP contribution in [0.25, 0.3) is 5.65 Å². The van der Waals surface area contributed by atoms with E-state index >= 15 is 0 Å². The maximum Gasteiger partial charge on any atom is 0.200 e. The van der Waals surface area contributed by atoms with Crippen molar-refractivity contribution < 1.29 is 0 Å². The lowest BCUT2D eigenvalue weighted by Crippen LogP contribution is -2.34. The first-order chi connectivity index (χ1) is 9.36. The Hall–Kier alpha value is -1.80. The van der Waals surface area contributed by atoms with Gasteiger partial charge < -0.3 is 15.5 Å². The maximum atomic E-state index is 5.61. The molecule has 0 amide bonds.